The molecule has 1 aliphatic carbocycles. The first-order valence-corrected chi connectivity index (χ1v) is 6.97. The van der Waals surface area contributed by atoms with Gasteiger partial charge in [-0.2, -0.15) is 0 Å². The average molecular weight is 299 g/mol. The van der Waals surface area contributed by atoms with E-state index in [1.807, 2.05) is 0 Å². The number of halogens is 2. The molecule has 0 bridgehead atoms. The fourth-order valence-corrected chi connectivity index (χ4v) is 1.85. The van der Waals surface area contributed by atoms with Crippen molar-refractivity contribution in [2.45, 2.75) is 25.9 Å². The summed E-state index contributed by atoms with van der Waals surface area (Å²) in [5, 5.41) is 12.1. The number of benzene rings is 1. The van der Waals surface area contributed by atoms with Crippen molar-refractivity contribution in [2.75, 3.05) is 19.8 Å². The van der Waals surface area contributed by atoms with E-state index >= 15 is 0 Å². The number of aliphatic hydroxyl groups excluding tert-OH is 1. The van der Waals surface area contributed by atoms with Crippen molar-refractivity contribution in [1.29, 1.82) is 0 Å². The quantitative estimate of drug-likeness (QED) is 0.807. The van der Waals surface area contributed by atoms with Gasteiger partial charge in [0.15, 0.2) is 0 Å². The van der Waals surface area contributed by atoms with Gasteiger partial charge in [0.1, 0.15) is 11.6 Å². The van der Waals surface area contributed by atoms with Crippen LogP contribution in [0.5, 0.6) is 0 Å². The zero-order valence-corrected chi connectivity index (χ0v) is 11.9. The Bertz CT molecular complexity index is 518. The molecule has 2 N–H and O–H groups in total. The van der Waals surface area contributed by atoms with E-state index in [1.54, 1.807) is 0 Å². The minimum Gasteiger partial charge on any atom is -0.389 e. The highest BCUT2D eigenvalue weighted by Gasteiger charge is 2.22. The molecule has 1 aromatic carbocycles. The van der Waals surface area contributed by atoms with Crippen molar-refractivity contribution in [3.8, 4) is 0 Å². The van der Waals surface area contributed by atoms with Gasteiger partial charge in [-0.15, -0.1) is 0 Å². The Morgan fingerprint density at radius 1 is 1.43 bits per heavy atom. The van der Waals surface area contributed by atoms with E-state index in [4.69, 9.17) is 4.74 Å². The molecule has 1 aliphatic rings. The first-order chi connectivity index (χ1) is 9.97. The topological polar surface area (TPSA) is 58.6 Å². The summed E-state index contributed by atoms with van der Waals surface area (Å²) in [5.74, 6) is -1.70. The normalized spacial score (nSPS) is 15.8. The maximum Gasteiger partial charge on any atom is 0.254 e. The van der Waals surface area contributed by atoms with Crippen molar-refractivity contribution in [3.63, 3.8) is 0 Å². The Kier molecular flexibility index (Phi) is 5.25. The summed E-state index contributed by atoms with van der Waals surface area (Å²) in [6.45, 7) is 2.16. The van der Waals surface area contributed by atoms with E-state index in [0.717, 1.165) is 18.9 Å². The van der Waals surface area contributed by atoms with Gasteiger partial charge in [-0.25, -0.2) is 8.78 Å². The number of hydrogen-bond donors (Lipinski definition) is 2. The molecule has 1 unspecified atom stereocenters. The summed E-state index contributed by atoms with van der Waals surface area (Å²) in [5.41, 5.74) is -0.0464. The number of aliphatic hydroxyl groups is 1. The minimum atomic E-state index is -0.921. The van der Waals surface area contributed by atoms with Crippen molar-refractivity contribution in [1.82, 2.24) is 5.32 Å². The molecule has 1 fully saturated rings. The molecule has 4 nitrogen and oxygen atoms in total. The van der Waals surface area contributed by atoms with Gasteiger partial charge in [-0.3, -0.25) is 4.79 Å². The van der Waals surface area contributed by atoms with Crippen molar-refractivity contribution >= 4 is 5.91 Å². The van der Waals surface area contributed by atoms with E-state index in [2.05, 4.69) is 5.32 Å². The third-order valence-electron chi connectivity index (χ3n) is 3.35. The fraction of sp³-hybridized carbons (Fsp3) is 0.533. The molecule has 21 heavy (non-hydrogen) atoms. The van der Waals surface area contributed by atoms with Crippen LogP contribution in [0.2, 0.25) is 0 Å². The fourth-order valence-electron chi connectivity index (χ4n) is 1.85. The van der Waals surface area contributed by atoms with E-state index in [-0.39, 0.29) is 24.3 Å². The molecule has 0 spiro atoms. The second-order valence-electron chi connectivity index (χ2n) is 5.43. The standard InChI is InChI=1S/C15H19F2NO3/c1-9-4-12(14(17)5-13(9)16)15(20)18-6-11(19)8-21-7-10-2-3-10/h4-5,10-11,19H,2-3,6-8H2,1H3,(H,18,20). The third kappa shape index (κ3) is 4.75. The van der Waals surface area contributed by atoms with Gasteiger partial charge in [0.05, 0.1) is 18.3 Å². The molecule has 0 saturated heterocycles. The van der Waals surface area contributed by atoms with Crippen LogP contribution < -0.4 is 5.32 Å². The first kappa shape index (κ1) is 15.9. The molecule has 1 saturated carbocycles. The third-order valence-corrected chi connectivity index (χ3v) is 3.35. The zero-order valence-electron chi connectivity index (χ0n) is 11.9. The van der Waals surface area contributed by atoms with Gasteiger partial charge in [0.25, 0.3) is 5.91 Å². The van der Waals surface area contributed by atoms with E-state index in [9.17, 15) is 18.7 Å². The number of amides is 1. The molecule has 116 valence electrons. The molecule has 1 atom stereocenters. The summed E-state index contributed by atoms with van der Waals surface area (Å²) < 4.78 is 31.9. The number of rotatable bonds is 7. The molecule has 6 heteroatoms. The predicted octanol–water partition coefficient (Wildman–Crippen LogP) is 1.79. The lowest BCUT2D eigenvalue weighted by atomic mass is 10.1. The largest absolute Gasteiger partial charge is 0.389 e. The molecular formula is C15H19F2NO3. The smallest absolute Gasteiger partial charge is 0.254 e. The molecule has 2 rings (SSSR count). The molecular weight excluding hydrogens is 280 g/mol. The Labute approximate surface area is 122 Å². The van der Waals surface area contributed by atoms with Crippen LogP contribution in [0, 0.1) is 24.5 Å². The monoisotopic (exact) mass is 299 g/mol. The zero-order chi connectivity index (χ0) is 15.4. The Balaban J connectivity index is 1.79. The molecule has 0 heterocycles. The van der Waals surface area contributed by atoms with Crippen molar-refractivity contribution < 1.29 is 23.4 Å². The number of carbonyl (C=O) groups excluding carboxylic acids is 1. The maximum atomic E-state index is 13.5. The highest BCUT2D eigenvalue weighted by atomic mass is 19.1. The average Bonchev–Trinajstić information content (AvgIpc) is 3.24. The SMILES string of the molecule is Cc1cc(C(=O)NCC(O)COCC2CC2)c(F)cc1F. The summed E-state index contributed by atoms with van der Waals surface area (Å²) in [4.78, 5) is 11.8. The Morgan fingerprint density at radius 2 is 2.14 bits per heavy atom. The van der Waals surface area contributed by atoms with Gasteiger partial charge in [-0.05, 0) is 37.3 Å². The van der Waals surface area contributed by atoms with Gasteiger partial charge in [-0.1, -0.05) is 0 Å². The van der Waals surface area contributed by atoms with Crippen LogP contribution in [0.1, 0.15) is 28.8 Å². The molecule has 0 aliphatic heterocycles. The van der Waals surface area contributed by atoms with Crippen molar-refractivity contribution in [3.05, 3.63) is 34.9 Å². The molecule has 1 amide bonds. The van der Waals surface area contributed by atoms with E-state index < -0.39 is 23.6 Å². The van der Waals surface area contributed by atoms with Crippen LogP contribution in [-0.4, -0.2) is 36.9 Å². The lowest BCUT2D eigenvalue weighted by Gasteiger charge is -2.13. The van der Waals surface area contributed by atoms with Gasteiger partial charge >= 0.3 is 0 Å². The van der Waals surface area contributed by atoms with Gasteiger partial charge < -0.3 is 15.2 Å². The first-order valence-electron chi connectivity index (χ1n) is 6.97. The van der Waals surface area contributed by atoms with Crippen LogP contribution in [0.3, 0.4) is 0 Å². The number of hydrogen-bond acceptors (Lipinski definition) is 3. The molecule has 0 radical (unpaired) electrons. The summed E-state index contributed by atoms with van der Waals surface area (Å²) in [6, 6.07) is 1.83. The van der Waals surface area contributed by atoms with Crippen LogP contribution >= 0.6 is 0 Å². The highest BCUT2D eigenvalue weighted by molar-refractivity contribution is 5.94. The molecule has 1 aromatic rings. The minimum absolute atomic E-state index is 0.0423. The summed E-state index contributed by atoms with van der Waals surface area (Å²) >= 11 is 0. The number of ether oxygens (including phenoxy) is 1. The van der Waals surface area contributed by atoms with E-state index in [1.165, 1.54) is 6.92 Å². The van der Waals surface area contributed by atoms with E-state index in [0.29, 0.717) is 18.6 Å². The van der Waals surface area contributed by atoms with Crippen LogP contribution in [0.4, 0.5) is 8.78 Å². The number of nitrogens with one attached hydrogen (secondary N) is 1. The second kappa shape index (κ2) is 6.95. The maximum absolute atomic E-state index is 13.5. The summed E-state index contributed by atoms with van der Waals surface area (Å²) in [7, 11) is 0. The number of carbonyl (C=O) groups is 1. The van der Waals surface area contributed by atoms with Gasteiger partial charge in [0.2, 0.25) is 0 Å². The highest BCUT2D eigenvalue weighted by Crippen LogP contribution is 2.28. The van der Waals surface area contributed by atoms with Crippen LogP contribution in [-0.2, 0) is 4.74 Å². The lowest BCUT2D eigenvalue weighted by Crippen LogP contribution is -2.35. The number of aryl methyl sites for hydroxylation is 1. The second-order valence-corrected chi connectivity index (χ2v) is 5.43. The Morgan fingerprint density at radius 3 is 2.81 bits per heavy atom. The Hall–Kier alpha value is -1.53. The van der Waals surface area contributed by atoms with Crippen LogP contribution in [0.25, 0.3) is 0 Å². The van der Waals surface area contributed by atoms with Gasteiger partial charge in [0, 0.05) is 19.2 Å². The van der Waals surface area contributed by atoms with Crippen molar-refractivity contribution in [2.24, 2.45) is 5.92 Å². The van der Waals surface area contributed by atoms with Crippen LogP contribution in [0.15, 0.2) is 12.1 Å². The predicted molar refractivity (Wildman–Crippen MR) is 73.0 cm³/mol. The summed E-state index contributed by atoms with van der Waals surface area (Å²) in [6.07, 6.45) is 1.48. The lowest BCUT2D eigenvalue weighted by molar-refractivity contribution is 0.0320. The molecule has 0 aromatic heterocycles.